The van der Waals surface area contributed by atoms with Crippen LogP contribution in [0, 0.1) is 6.92 Å². The van der Waals surface area contributed by atoms with Crippen LogP contribution in [0.2, 0.25) is 0 Å². The molecule has 2 nitrogen and oxygen atoms in total. The summed E-state index contributed by atoms with van der Waals surface area (Å²) in [5.41, 5.74) is 2.27. The predicted molar refractivity (Wildman–Crippen MR) is 73.0 cm³/mol. The van der Waals surface area contributed by atoms with Gasteiger partial charge in [-0.3, -0.25) is 0 Å². The summed E-state index contributed by atoms with van der Waals surface area (Å²) in [7, 11) is 0. The molecule has 1 aromatic heterocycles. The van der Waals surface area contributed by atoms with Gasteiger partial charge in [0.25, 0.3) is 0 Å². The molecule has 1 aromatic carbocycles. The number of fused-ring (bicyclic) bond motifs is 1. The lowest BCUT2D eigenvalue weighted by atomic mass is 10.1. The molecule has 0 fully saturated rings. The number of aryl methyl sites for hydroxylation is 1. The zero-order valence-corrected chi connectivity index (χ0v) is 11.1. The third-order valence-electron chi connectivity index (χ3n) is 2.56. The van der Waals surface area contributed by atoms with Crippen LogP contribution in [0.25, 0.3) is 10.9 Å². The summed E-state index contributed by atoms with van der Waals surface area (Å²) < 4.78 is 1.10. The third kappa shape index (κ3) is 2.19. The van der Waals surface area contributed by atoms with Crippen molar-refractivity contribution in [1.29, 1.82) is 0 Å². The van der Waals surface area contributed by atoms with Crippen molar-refractivity contribution in [3.8, 4) is 0 Å². The van der Waals surface area contributed by atoms with E-state index in [-0.39, 0.29) is 0 Å². The largest absolute Gasteiger partial charge is 0.370 e. The first-order chi connectivity index (χ1) is 7.72. The Kier molecular flexibility index (Phi) is 3.44. The Labute approximate surface area is 104 Å². The Hall–Kier alpha value is -1.09. The summed E-state index contributed by atoms with van der Waals surface area (Å²) in [5, 5.41) is 4.48. The second-order valence-electron chi connectivity index (χ2n) is 3.88. The van der Waals surface area contributed by atoms with E-state index in [0.717, 1.165) is 28.8 Å². The lowest BCUT2D eigenvalue weighted by Crippen LogP contribution is -2.01. The van der Waals surface area contributed by atoms with Crippen molar-refractivity contribution in [2.24, 2.45) is 0 Å². The lowest BCUT2D eigenvalue weighted by Gasteiger charge is -2.08. The number of aromatic nitrogens is 1. The van der Waals surface area contributed by atoms with Crippen LogP contribution < -0.4 is 5.32 Å². The molecule has 1 heterocycles. The molecule has 0 bridgehead atoms. The van der Waals surface area contributed by atoms with Crippen LogP contribution in [0.15, 0.2) is 28.7 Å². The first kappa shape index (κ1) is 11.4. The maximum absolute atomic E-state index is 4.63. The molecule has 3 heteroatoms. The average Bonchev–Trinajstić information content (AvgIpc) is 2.31. The highest BCUT2D eigenvalue weighted by Gasteiger charge is 2.03. The summed E-state index contributed by atoms with van der Waals surface area (Å²) in [4.78, 5) is 4.63. The Bertz CT molecular complexity index is 509. The van der Waals surface area contributed by atoms with Gasteiger partial charge in [-0.15, -0.1) is 0 Å². The Morgan fingerprint density at radius 3 is 2.81 bits per heavy atom. The molecule has 0 aliphatic carbocycles. The second-order valence-corrected chi connectivity index (χ2v) is 4.74. The van der Waals surface area contributed by atoms with Crippen LogP contribution in [0.3, 0.4) is 0 Å². The van der Waals surface area contributed by atoms with Gasteiger partial charge in [-0.1, -0.05) is 28.9 Å². The molecule has 0 atom stereocenters. The minimum Gasteiger partial charge on any atom is -0.370 e. The van der Waals surface area contributed by atoms with Crippen LogP contribution in [0.5, 0.6) is 0 Å². The fourth-order valence-electron chi connectivity index (χ4n) is 1.67. The Morgan fingerprint density at radius 1 is 1.25 bits per heavy atom. The number of pyridine rings is 1. The maximum atomic E-state index is 4.63. The smallest absolute Gasteiger partial charge is 0.126 e. The quantitative estimate of drug-likeness (QED) is 0.913. The molecular weight excluding hydrogens is 264 g/mol. The number of anilines is 1. The SMILES string of the molecule is CCCNc1ccc2c(Br)ccc(C)c2n1. The number of halogens is 1. The molecule has 84 valence electrons. The monoisotopic (exact) mass is 278 g/mol. The fourth-order valence-corrected chi connectivity index (χ4v) is 2.12. The van der Waals surface area contributed by atoms with Crippen molar-refractivity contribution < 1.29 is 0 Å². The normalized spacial score (nSPS) is 10.7. The van der Waals surface area contributed by atoms with E-state index < -0.39 is 0 Å². The molecule has 0 saturated heterocycles. The number of hydrogen-bond acceptors (Lipinski definition) is 2. The van der Waals surface area contributed by atoms with Gasteiger partial charge in [0.1, 0.15) is 5.82 Å². The first-order valence-electron chi connectivity index (χ1n) is 5.52. The van der Waals surface area contributed by atoms with Crippen LogP contribution in [-0.4, -0.2) is 11.5 Å². The van der Waals surface area contributed by atoms with E-state index in [0.29, 0.717) is 0 Å². The summed E-state index contributed by atoms with van der Waals surface area (Å²) in [6, 6.07) is 8.29. The standard InChI is InChI=1S/C13H15BrN2/c1-3-8-15-12-7-5-10-11(14)6-4-9(2)13(10)16-12/h4-7H,3,8H2,1-2H3,(H,15,16). The van der Waals surface area contributed by atoms with Gasteiger partial charge in [-0.2, -0.15) is 0 Å². The van der Waals surface area contributed by atoms with Crippen LogP contribution >= 0.6 is 15.9 Å². The zero-order chi connectivity index (χ0) is 11.5. The van der Waals surface area contributed by atoms with Crippen molar-refractivity contribution in [2.45, 2.75) is 20.3 Å². The first-order valence-corrected chi connectivity index (χ1v) is 6.31. The number of hydrogen-bond donors (Lipinski definition) is 1. The van der Waals surface area contributed by atoms with Crippen LogP contribution in [0.4, 0.5) is 5.82 Å². The van der Waals surface area contributed by atoms with E-state index in [1.807, 2.05) is 6.07 Å². The minimum atomic E-state index is 0.954. The van der Waals surface area contributed by atoms with Gasteiger partial charge < -0.3 is 5.32 Å². The van der Waals surface area contributed by atoms with Gasteiger partial charge in [0, 0.05) is 16.4 Å². The van der Waals surface area contributed by atoms with E-state index in [1.165, 1.54) is 10.9 Å². The Morgan fingerprint density at radius 2 is 2.06 bits per heavy atom. The molecule has 1 N–H and O–H groups in total. The van der Waals surface area contributed by atoms with Gasteiger partial charge in [-0.25, -0.2) is 4.98 Å². The molecule has 0 aliphatic rings. The average molecular weight is 279 g/mol. The van der Waals surface area contributed by atoms with E-state index in [9.17, 15) is 0 Å². The topological polar surface area (TPSA) is 24.9 Å². The highest BCUT2D eigenvalue weighted by molar-refractivity contribution is 9.10. The fraction of sp³-hybridized carbons (Fsp3) is 0.308. The number of nitrogens with one attached hydrogen (secondary N) is 1. The third-order valence-corrected chi connectivity index (χ3v) is 3.25. The van der Waals surface area contributed by atoms with E-state index in [2.05, 4.69) is 58.3 Å². The van der Waals surface area contributed by atoms with Crippen LogP contribution in [0.1, 0.15) is 18.9 Å². The van der Waals surface area contributed by atoms with E-state index in [4.69, 9.17) is 0 Å². The molecule has 0 unspecified atom stereocenters. The molecule has 0 amide bonds. The summed E-state index contributed by atoms with van der Waals surface area (Å²) in [6.45, 7) is 5.20. The molecule has 2 rings (SSSR count). The zero-order valence-electron chi connectivity index (χ0n) is 9.55. The van der Waals surface area contributed by atoms with E-state index in [1.54, 1.807) is 0 Å². The molecular formula is C13H15BrN2. The number of nitrogens with zero attached hydrogens (tertiary/aromatic N) is 1. The van der Waals surface area contributed by atoms with Gasteiger partial charge >= 0.3 is 0 Å². The van der Waals surface area contributed by atoms with Gasteiger partial charge in [0.2, 0.25) is 0 Å². The molecule has 0 spiro atoms. The minimum absolute atomic E-state index is 0.954. The van der Waals surface area contributed by atoms with Crippen molar-refractivity contribution >= 4 is 32.7 Å². The number of benzene rings is 1. The highest BCUT2D eigenvalue weighted by Crippen LogP contribution is 2.26. The van der Waals surface area contributed by atoms with Crippen molar-refractivity contribution in [3.05, 3.63) is 34.3 Å². The molecule has 16 heavy (non-hydrogen) atoms. The molecule has 0 radical (unpaired) electrons. The molecule has 0 saturated carbocycles. The summed E-state index contributed by atoms with van der Waals surface area (Å²) in [5.74, 6) is 0.954. The van der Waals surface area contributed by atoms with Crippen LogP contribution in [-0.2, 0) is 0 Å². The van der Waals surface area contributed by atoms with Crippen molar-refractivity contribution in [1.82, 2.24) is 4.98 Å². The summed E-state index contributed by atoms with van der Waals surface area (Å²) in [6.07, 6.45) is 1.11. The Balaban J connectivity index is 2.48. The van der Waals surface area contributed by atoms with Gasteiger partial charge in [0.15, 0.2) is 0 Å². The molecule has 2 aromatic rings. The second kappa shape index (κ2) is 4.83. The molecule has 0 aliphatic heterocycles. The summed E-state index contributed by atoms with van der Waals surface area (Å²) >= 11 is 3.55. The van der Waals surface area contributed by atoms with Crippen molar-refractivity contribution in [2.75, 3.05) is 11.9 Å². The highest BCUT2D eigenvalue weighted by atomic mass is 79.9. The predicted octanol–water partition coefficient (Wildman–Crippen LogP) is 4.13. The number of rotatable bonds is 3. The maximum Gasteiger partial charge on any atom is 0.126 e. The van der Waals surface area contributed by atoms with Gasteiger partial charge in [-0.05, 0) is 37.1 Å². The van der Waals surface area contributed by atoms with E-state index >= 15 is 0 Å². The lowest BCUT2D eigenvalue weighted by molar-refractivity contribution is 0.971. The van der Waals surface area contributed by atoms with Gasteiger partial charge in [0.05, 0.1) is 5.52 Å². The van der Waals surface area contributed by atoms with Crippen molar-refractivity contribution in [3.63, 3.8) is 0 Å².